The predicted octanol–water partition coefficient (Wildman–Crippen LogP) is 3.05. The number of aromatic amines is 2. The van der Waals surface area contributed by atoms with Crippen LogP contribution < -0.4 is 15.2 Å². The first-order valence-corrected chi connectivity index (χ1v) is 8.64. The second-order valence-corrected chi connectivity index (χ2v) is 5.92. The Kier molecular flexibility index (Phi) is 4.12. The van der Waals surface area contributed by atoms with Crippen molar-refractivity contribution in [2.75, 3.05) is 13.2 Å². The zero-order chi connectivity index (χ0) is 18.1. The summed E-state index contributed by atoms with van der Waals surface area (Å²) in [5.41, 5.74) is 3.10. The SMILES string of the molecule is CCOc1ccc(Cn2c(=O)[nH]c3c4cc[nH]c4ncc32)cc1OCC. The zero-order valence-electron chi connectivity index (χ0n) is 14.7. The van der Waals surface area contributed by atoms with Crippen molar-refractivity contribution in [2.24, 2.45) is 0 Å². The van der Waals surface area contributed by atoms with Gasteiger partial charge in [-0.05, 0) is 37.6 Å². The number of imidazole rings is 1. The van der Waals surface area contributed by atoms with Crippen LogP contribution in [0.5, 0.6) is 11.5 Å². The number of H-pyrrole nitrogens is 2. The lowest BCUT2D eigenvalue weighted by Crippen LogP contribution is -2.17. The van der Waals surface area contributed by atoms with Gasteiger partial charge in [-0.15, -0.1) is 0 Å². The molecule has 2 N–H and O–H groups in total. The van der Waals surface area contributed by atoms with Crippen LogP contribution in [0.2, 0.25) is 0 Å². The van der Waals surface area contributed by atoms with Gasteiger partial charge in [0.25, 0.3) is 0 Å². The third kappa shape index (κ3) is 2.71. The summed E-state index contributed by atoms with van der Waals surface area (Å²) in [5, 5.41) is 0.903. The lowest BCUT2D eigenvalue weighted by molar-refractivity contribution is 0.287. The van der Waals surface area contributed by atoms with Gasteiger partial charge < -0.3 is 19.4 Å². The highest BCUT2D eigenvalue weighted by Gasteiger charge is 2.13. The van der Waals surface area contributed by atoms with Crippen molar-refractivity contribution in [3.05, 3.63) is 52.7 Å². The van der Waals surface area contributed by atoms with E-state index < -0.39 is 0 Å². The van der Waals surface area contributed by atoms with Gasteiger partial charge in [0, 0.05) is 11.6 Å². The zero-order valence-corrected chi connectivity index (χ0v) is 14.7. The Labute approximate surface area is 149 Å². The normalized spacial score (nSPS) is 11.3. The number of aromatic nitrogens is 4. The highest BCUT2D eigenvalue weighted by Crippen LogP contribution is 2.29. The number of hydrogen-bond acceptors (Lipinski definition) is 4. The van der Waals surface area contributed by atoms with Crippen LogP contribution in [0.3, 0.4) is 0 Å². The third-order valence-electron chi connectivity index (χ3n) is 4.28. The maximum atomic E-state index is 12.5. The van der Waals surface area contributed by atoms with Crippen molar-refractivity contribution in [2.45, 2.75) is 20.4 Å². The minimum Gasteiger partial charge on any atom is -0.490 e. The van der Waals surface area contributed by atoms with Crippen LogP contribution in [0, 0.1) is 0 Å². The predicted molar refractivity (Wildman–Crippen MR) is 100 cm³/mol. The van der Waals surface area contributed by atoms with E-state index in [-0.39, 0.29) is 5.69 Å². The molecule has 0 spiro atoms. The fourth-order valence-electron chi connectivity index (χ4n) is 3.15. The molecule has 7 heteroatoms. The molecule has 7 nitrogen and oxygen atoms in total. The van der Waals surface area contributed by atoms with E-state index in [1.807, 2.05) is 44.3 Å². The molecule has 0 unspecified atom stereocenters. The van der Waals surface area contributed by atoms with Crippen molar-refractivity contribution in [3.63, 3.8) is 0 Å². The lowest BCUT2D eigenvalue weighted by atomic mass is 10.2. The number of benzene rings is 1. The minimum absolute atomic E-state index is 0.164. The third-order valence-corrected chi connectivity index (χ3v) is 4.28. The van der Waals surface area contributed by atoms with E-state index >= 15 is 0 Å². The number of nitrogens with zero attached hydrogens (tertiary/aromatic N) is 2. The van der Waals surface area contributed by atoms with Crippen LogP contribution in [-0.2, 0) is 6.54 Å². The van der Waals surface area contributed by atoms with Crippen LogP contribution in [0.25, 0.3) is 22.1 Å². The van der Waals surface area contributed by atoms with Crippen molar-refractivity contribution in [1.82, 2.24) is 19.5 Å². The smallest absolute Gasteiger partial charge is 0.326 e. The van der Waals surface area contributed by atoms with Gasteiger partial charge in [0.15, 0.2) is 11.5 Å². The molecule has 4 rings (SSSR count). The molecule has 0 radical (unpaired) electrons. The summed E-state index contributed by atoms with van der Waals surface area (Å²) in [6.07, 6.45) is 3.53. The maximum absolute atomic E-state index is 12.5. The highest BCUT2D eigenvalue weighted by molar-refractivity contribution is 6.00. The number of fused-ring (bicyclic) bond motifs is 3. The van der Waals surface area contributed by atoms with Crippen molar-refractivity contribution < 1.29 is 9.47 Å². The number of ether oxygens (including phenoxy) is 2. The van der Waals surface area contributed by atoms with Crippen molar-refractivity contribution in [1.29, 1.82) is 0 Å². The van der Waals surface area contributed by atoms with Gasteiger partial charge in [-0.2, -0.15) is 0 Å². The molecule has 0 fully saturated rings. The minimum atomic E-state index is -0.164. The van der Waals surface area contributed by atoms with E-state index in [4.69, 9.17) is 9.47 Å². The molecule has 0 saturated heterocycles. The van der Waals surface area contributed by atoms with E-state index in [0.717, 1.165) is 27.6 Å². The van der Waals surface area contributed by atoms with Crippen LogP contribution in [0.1, 0.15) is 19.4 Å². The molecule has 0 bridgehead atoms. The Balaban J connectivity index is 1.76. The molecule has 4 aromatic rings. The second-order valence-electron chi connectivity index (χ2n) is 5.92. The lowest BCUT2D eigenvalue weighted by Gasteiger charge is -2.12. The standard InChI is InChI=1S/C19H20N4O3/c1-3-25-15-6-5-12(9-16(15)26-4-2)11-23-14-10-21-18-13(7-8-20-18)17(14)22-19(23)24/h5-10H,3-4,11H2,1-2H3,(H,20,21)(H,22,24). The number of pyridine rings is 1. The van der Waals surface area contributed by atoms with Crippen molar-refractivity contribution >= 4 is 22.1 Å². The first-order chi connectivity index (χ1) is 12.7. The Morgan fingerprint density at radius 2 is 1.92 bits per heavy atom. The van der Waals surface area contributed by atoms with E-state index in [1.54, 1.807) is 10.8 Å². The number of rotatable bonds is 6. The topological polar surface area (TPSA) is 84.9 Å². The molecule has 0 amide bonds. The highest BCUT2D eigenvalue weighted by atomic mass is 16.5. The fourth-order valence-corrected chi connectivity index (χ4v) is 3.15. The van der Waals surface area contributed by atoms with E-state index in [9.17, 15) is 4.79 Å². The molecule has 0 atom stereocenters. The Morgan fingerprint density at radius 1 is 1.12 bits per heavy atom. The fraction of sp³-hybridized carbons (Fsp3) is 0.263. The average molecular weight is 352 g/mol. The molecular formula is C19H20N4O3. The van der Waals surface area contributed by atoms with Gasteiger partial charge >= 0.3 is 5.69 Å². The van der Waals surface area contributed by atoms with Crippen LogP contribution in [0.15, 0.2) is 41.5 Å². The molecule has 0 aliphatic carbocycles. The molecule has 0 aliphatic heterocycles. The summed E-state index contributed by atoms with van der Waals surface area (Å²) in [6, 6.07) is 7.66. The summed E-state index contributed by atoms with van der Waals surface area (Å²) in [6.45, 7) is 5.40. The van der Waals surface area contributed by atoms with Gasteiger partial charge in [0.2, 0.25) is 0 Å². The quantitative estimate of drug-likeness (QED) is 0.558. The maximum Gasteiger partial charge on any atom is 0.326 e. The summed E-state index contributed by atoms with van der Waals surface area (Å²) in [4.78, 5) is 22.9. The molecule has 26 heavy (non-hydrogen) atoms. The van der Waals surface area contributed by atoms with E-state index in [2.05, 4.69) is 15.0 Å². The Hall–Kier alpha value is -3.22. The molecule has 1 aromatic carbocycles. The first kappa shape index (κ1) is 16.3. The summed E-state index contributed by atoms with van der Waals surface area (Å²) in [7, 11) is 0. The van der Waals surface area contributed by atoms with Crippen molar-refractivity contribution in [3.8, 4) is 11.5 Å². The average Bonchev–Trinajstić information content (AvgIpc) is 3.22. The second kappa shape index (κ2) is 6.59. The van der Waals surface area contributed by atoms with Crippen LogP contribution in [0.4, 0.5) is 0 Å². The number of nitrogens with one attached hydrogen (secondary N) is 2. The summed E-state index contributed by atoms with van der Waals surface area (Å²) in [5.74, 6) is 1.39. The Morgan fingerprint density at radius 3 is 2.73 bits per heavy atom. The van der Waals surface area contributed by atoms with E-state index in [1.165, 1.54) is 0 Å². The summed E-state index contributed by atoms with van der Waals surface area (Å²) < 4.78 is 13.0. The molecular weight excluding hydrogens is 332 g/mol. The Bertz CT molecular complexity index is 1120. The molecule has 134 valence electrons. The van der Waals surface area contributed by atoms with Gasteiger partial charge in [0.05, 0.1) is 37.0 Å². The summed E-state index contributed by atoms with van der Waals surface area (Å²) >= 11 is 0. The first-order valence-electron chi connectivity index (χ1n) is 8.64. The van der Waals surface area contributed by atoms with Gasteiger partial charge in [0.1, 0.15) is 5.65 Å². The van der Waals surface area contributed by atoms with Gasteiger partial charge in [-0.25, -0.2) is 9.78 Å². The van der Waals surface area contributed by atoms with Crippen LogP contribution >= 0.6 is 0 Å². The van der Waals surface area contributed by atoms with Crippen LogP contribution in [-0.4, -0.2) is 32.7 Å². The van der Waals surface area contributed by atoms with Gasteiger partial charge in [-0.3, -0.25) is 4.57 Å². The monoisotopic (exact) mass is 352 g/mol. The molecule has 0 aliphatic rings. The number of hydrogen-bond donors (Lipinski definition) is 2. The molecule has 3 heterocycles. The van der Waals surface area contributed by atoms with E-state index in [0.29, 0.717) is 31.3 Å². The van der Waals surface area contributed by atoms with Gasteiger partial charge in [-0.1, -0.05) is 6.07 Å². The largest absolute Gasteiger partial charge is 0.490 e. The molecule has 0 saturated carbocycles. The molecule has 3 aromatic heterocycles.